The Morgan fingerprint density at radius 1 is 1.36 bits per heavy atom. The fraction of sp³-hybridized carbons (Fsp3) is 0.889. The van der Waals surface area contributed by atoms with Crippen LogP contribution in [-0.2, 0) is 4.79 Å². The van der Waals surface area contributed by atoms with E-state index in [2.05, 4.69) is 0 Å². The minimum absolute atomic E-state index is 0.214. The van der Waals surface area contributed by atoms with Gasteiger partial charge in [0.25, 0.3) is 0 Å². The van der Waals surface area contributed by atoms with Gasteiger partial charge in [-0.05, 0) is 12.8 Å². The average Bonchev–Trinajstić information content (AvgIpc) is 2.00. The zero-order valence-corrected chi connectivity index (χ0v) is 7.40. The summed E-state index contributed by atoms with van der Waals surface area (Å²) in [5, 5.41) is 0. The van der Waals surface area contributed by atoms with Gasteiger partial charge in [-0.25, -0.2) is 4.39 Å². The van der Waals surface area contributed by atoms with Crippen molar-refractivity contribution in [1.29, 1.82) is 0 Å². The summed E-state index contributed by atoms with van der Waals surface area (Å²) in [6.45, 7) is 3.89. The van der Waals surface area contributed by atoms with Gasteiger partial charge in [0.05, 0.1) is 0 Å². The first-order chi connectivity index (χ1) is 5.22. The average molecular weight is 160 g/mol. The summed E-state index contributed by atoms with van der Waals surface area (Å²) < 4.78 is 12.8. The van der Waals surface area contributed by atoms with Gasteiger partial charge in [-0.3, -0.25) is 4.79 Å². The van der Waals surface area contributed by atoms with E-state index in [4.69, 9.17) is 0 Å². The Bertz CT molecular complexity index is 112. The molecule has 0 rings (SSSR count). The molecule has 0 heterocycles. The van der Waals surface area contributed by atoms with Gasteiger partial charge < -0.3 is 0 Å². The number of hydrogen-bond donors (Lipinski definition) is 0. The van der Waals surface area contributed by atoms with Gasteiger partial charge in [-0.2, -0.15) is 0 Å². The zero-order valence-electron chi connectivity index (χ0n) is 7.40. The van der Waals surface area contributed by atoms with Gasteiger partial charge in [0.1, 0.15) is 0 Å². The van der Waals surface area contributed by atoms with Gasteiger partial charge >= 0.3 is 0 Å². The number of carbonyl (C=O) groups excluding carboxylic acids is 1. The largest absolute Gasteiger partial charge is 0.296 e. The van der Waals surface area contributed by atoms with Crippen molar-refractivity contribution >= 4 is 5.78 Å². The maximum absolute atomic E-state index is 12.8. The van der Waals surface area contributed by atoms with E-state index in [1.165, 1.54) is 0 Å². The molecule has 0 fully saturated rings. The molecule has 0 aliphatic carbocycles. The van der Waals surface area contributed by atoms with Gasteiger partial charge in [-0.1, -0.05) is 26.7 Å². The van der Waals surface area contributed by atoms with Crippen LogP contribution in [0.15, 0.2) is 0 Å². The van der Waals surface area contributed by atoms with Crippen LogP contribution in [0.4, 0.5) is 4.39 Å². The Morgan fingerprint density at radius 2 is 2.00 bits per heavy atom. The summed E-state index contributed by atoms with van der Waals surface area (Å²) in [5.74, 6) is -0.214. The predicted octanol–water partition coefficient (Wildman–Crippen LogP) is 2.88. The van der Waals surface area contributed by atoms with Crippen molar-refractivity contribution in [3.8, 4) is 0 Å². The number of halogens is 1. The monoisotopic (exact) mass is 160 g/mol. The second kappa shape index (κ2) is 6.32. The quantitative estimate of drug-likeness (QED) is 0.584. The third kappa shape index (κ3) is 4.93. The minimum atomic E-state index is -1.20. The first-order valence-electron chi connectivity index (χ1n) is 4.39. The van der Waals surface area contributed by atoms with E-state index in [1.807, 2.05) is 13.8 Å². The molecule has 1 atom stereocenters. The molecule has 0 spiro atoms. The number of carbonyl (C=O) groups is 1. The van der Waals surface area contributed by atoms with E-state index in [0.717, 1.165) is 19.3 Å². The van der Waals surface area contributed by atoms with Crippen molar-refractivity contribution in [2.75, 3.05) is 0 Å². The Hall–Kier alpha value is -0.400. The van der Waals surface area contributed by atoms with Gasteiger partial charge in [0.15, 0.2) is 12.0 Å². The van der Waals surface area contributed by atoms with Gasteiger partial charge in [0.2, 0.25) is 0 Å². The number of alkyl halides is 1. The highest BCUT2D eigenvalue weighted by Crippen LogP contribution is 2.07. The molecule has 0 aliphatic rings. The summed E-state index contributed by atoms with van der Waals surface area (Å²) in [6.07, 6.45) is 2.14. The normalized spacial score (nSPS) is 13.0. The summed E-state index contributed by atoms with van der Waals surface area (Å²) in [7, 11) is 0. The standard InChI is InChI=1S/C9H17FO/c1-3-5-7-9(11)8(10)6-4-2/h8H,3-7H2,1-2H3/t8-/m0/s1. The third-order valence-corrected chi connectivity index (χ3v) is 1.67. The second-order valence-electron chi connectivity index (χ2n) is 2.83. The van der Waals surface area contributed by atoms with E-state index < -0.39 is 6.17 Å². The molecule has 0 unspecified atom stereocenters. The Balaban J connectivity index is 3.47. The first-order valence-corrected chi connectivity index (χ1v) is 4.39. The van der Waals surface area contributed by atoms with Gasteiger partial charge in [0, 0.05) is 6.42 Å². The highest BCUT2D eigenvalue weighted by Gasteiger charge is 2.14. The maximum Gasteiger partial charge on any atom is 0.166 e. The number of rotatable bonds is 6. The molecule has 2 heteroatoms. The predicted molar refractivity (Wildman–Crippen MR) is 44.3 cm³/mol. The fourth-order valence-corrected chi connectivity index (χ4v) is 0.922. The Kier molecular flexibility index (Phi) is 6.09. The van der Waals surface area contributed by atoms with Crippen LogP contribution in [0.3, 0.4) is 0 Å². The SMILES string of the molecule is CCCCC(=O)[C@@H](F)CCC. The van der Waals surface area contributed by atoms with Crippen molar-refractivity contribution in [3.05, 3.63) is 0 Å². The molecule has 0 saturated carbocycles. The molecule has 0 aromatic carbocycles. The lowest BCUT2D eigenvalue weighted by atomic mass is 10.1. The summed E-state index contributed by atoms with van der Waals surface area (Å²) in [5.41, 5.74) is 0. The number of ketones is 1. The van der Waals surface area contributed by atoms with Crippen LogP contribution in [0.2, 0.25) is 0 Å². The number of unbranched alkanes of at least 4 members (excludes halogenated alkanes) is 1. The number of Topliss-reactive ketones (excluding diaryl/α,β-unsaturated/α-hetero) is 1. The lowest BCUT2D eigenvalue weighted by molar-refractivity contribution is -0.124. The van der Waals surface area contributed by atoms with Gasteiger partial charge in [-0.15, -0.1) is 0 Å². The van der Waals surface area contributed by atoms with Crippen molar-refractivity contribution < 1.29 is 9.18 Å². The molecule has 0 amide bonds. The van der Waals surface area contributed by atoms with Crippen molar-refractivity contribution in [3.63, 3.8) is 0 Å². The summed E-state index contributed by atoms with van der Waals surface area (Å²) in [4.78, 5) is 10.9. The molecular weight excluding hydrogens is 143 g/mol. The number of hydrogen-bond acceptors (Lipinski definition) is 1. The van der Waals surface area contributed by atoms with Crippen LogP contribution in [0.1, 0.15) is 46.0 Å². The Morgan fingerprint density at radius 3 is 2.45 bits per heavy atom. The zero-order chi connectivity index (χ0) is 8.69. The molecule has 0 saturated heterocycles. The lowest BCUT2D eigenvalue weighted by Crippen LogP contribution is -2.14. The van der Waals surface area contributed by atoms with Crippen LogP contribution < -0.4 is 0 Å². The Labute approximate surface area is 68.0 Å². The molecule has 0 aliphatic heterocycles. The second-order valence-corrected chi connectivity index (χ2v) is 2.83. The van der Waals surface area contributed by atoms with Crippen LogP contribution in [-0.4, -0.2) is 12.0 Å². The van der Waals surface area contributed by atoms with E-state index in [1.54, 1.807) is 0 Å². The summed E-state index contributed by atoms with van der Waals surface area (Å²) >= 11 is 0. The molecule has 0 bridgehead atoms. The molecule has 1 nitrogen and oxygen atoms in total. The molecule has 66 valence electrons. The molecule has 0 radical (unpaired) electrons. The van der Waals surface area contributed by atoms with E-state index in [-0.39, 0.29) is 5.78 Å². The van der Waals surface area contributed by atoms with Crippen molar-refractivity contribution in [1.82, 2.24) is 0 Å². The van der Waals surface area contributed by atoms with Crippen LogP contribution >= 0.6 is 0 Å². The van der Waals surface area contributed by atoms with E-state index in [0.29, 0.717) is 12.8 Å². The van der Waals surface area contributed by atoms with Crippen LogP contribution in [0, 0.1) is 0 Å². The third-order valence-electron chi connectivity index (χ3n) is 1.67. The minimum Gasteiger partial charge on any atom is -0.296 e. The van der Waals surface area contributed by atoms with E-state index in [9.17, 15) is 9.18 Å². The molecule has 0 N–H and O–H groups in total. The van der Waals surface area contributed by atoms with Crippen LogP contribution in [0.5, 0.6) is 0 Å². The van der Waals surface area contributed by atoms with Crippen LogP contribution in [0.25, 0.3) is 0 Å². The van der Waals surface area contributed by atoms with Crippen molar-refractivity contribution in [2.45, 2.75) is 52.1 Å². The highest BCUT2D eigenvalue weighted by atomic mass is 19.1. The van der Waals surface area contributed by atoms with E-state index >= 15 is 0 Å². The smallest absolute Gasteiger partial charge is 0.166 e. The molecule has 11 heavy (non-hydrogen) atoms. The lowest BCUT2D eigenvalue weighted by Gasteiger charge is -2.03. The maximum atomic E-state index is 12.8. The molecule has 0 aromatic heterocycles. The topological polar surface area (TPSA) is 17.1 Å². The first kappa shape index (κ1) is 10.6. The molecular formula is C9H17FO. The highest BCUT2D eigenvalue weighted by molar-refractivity contribution is 5.82. The van der Waals surface area contributed by atoms with Crippen molar-refractivity contribution in [2.24, 2.45) is 0 Å². The fourth-order valence-electron chi connectivity index (χ4n) is 0.922. The molecule has 0 aromatic rings. The summed E-state index contributed by atoms with van der Waals surface area (Å²) in [6, 6.07) is 0.